The molecule has 0 unspecified atom stereocenters. The van der Waals surface area contributed by atoms with Crippen LogP contribution in [0.4, 0.5) is 11.4 Å². The fraction of sp³-hybridized carbons (Fsp3) is 0.333. The Bertz CT molecular complexity index is 651. The Morgan fingerprint density at radius 3 is 1.32 bits per heavy atom. The summed E-state index contributed by atoms with van der Waals surface area (Å²) in [6, 6.07) is 13.3. The van der Waals surface area contributed by atoms with E-state index in [2.05, 4.69) is 76.4 Å². The van der Waals surface area contributed by atoms with E-state index in [-0.39, 0.29) is 0 Å². The summed E-state index contributed by atoms with van der Waals surface area (Å²) in [6.07, 6.45) is 0. The van der Waals surface area contributed by atoms with E-state index in [1.165, 1.54) is 21.5 Å². The monoisotopic (exact) mass is 328 g/mol. The Hall–Kier alpha value is -1.53. The fourth-order valence-electron chi connectivity index (χ4n) is 3.01. The van der Waals surface area contributed by atoms with Gasteiger partial charge in [0, 0.05) is 19.0 Å². The minimum absolute atomic E-state index is 0.879. The predicted molar refractivity (Wildman–Crippen MR) is 105 cm³/mol. The van der Waals surface area contributed by atoms with Gasteiger partial charge in [-0.25, -0.2) is 0 Å². The molecule has 2 aromatic carbocycles. The van der Waals surface area contributed by atoms with Crippen molar-refractivity contribution < 1.29 is 0 Å². The standard InChI is InChI=1S/C18H28N2Si2/c1-13-11-15(7-9-17(13)19)22(6,21(3,4)5)16-8-10-18(20)14(2)12-16/h7-12H,19-20H2,1-6H3. The van der Waals surface area contributed by atoms with Gasteiger partial charge in [0.1, 0.15) is 7.59 Å². The van der Waals surface area contributed by atoms with Crippen molar-refractivity contribution in [3.8, 4) is 0 Å². The Labute approximate surface area is 136 Å². The molecule has 0 aromatic heterocycles. The van der Waals surface area contributed by atoms with Crippen LogP contribution in [0.15, 0.2) is 36.4 Å². The van der Waals surface area contributed by atoms with Crippen LogP contribution in [0, 0.1) is 13.8 Å². The zero-order chi connectivity index (χ0) is 16.7. The molecule has 2 rings (SSSR count). The third kappa shape index (κ3) is 2.73. The van der Waals surface area contributed by atoms with Gasteiger partial charge in [-0.05, 0) is 37.1 Å². The van der Waals surface area contributed by atoms with Crippen molar-refractivity contribution in [3.05, 3.63) is 47.5 Å². The molecule has 0 saturated carbocycles. The van der Waals surface area contributed by atoms with E-state index in [0.29, 0.717) is 0 Å². The maximum Gasteiger partial charge on any atom is 0.107 e. The van der Waals surface area contributed by atoms with Crippen molar-refractivity contribution in [2.75, 3.05) is 11.5 Å². The molecule has 22 heavy (non-hydrogen) atoms. The van der Waals surface area contributed by atoms with Crippen LogP contribution in [-0.2, 0) is 0 Å². The highest BCUT2D eigenvalue weighted by Gasteiger charge is 2.44. The van der Waals surface area contributed by atoms with Crippen LogP contribution in [0.3, 0.4) is 0 Å². The Morgan fingerprint density at radius 1 is 0.682 bits per heavy atom. The summed E-state index contributed by atoms with van der Waals surface area (Å²) in [7, 11) is -3.20. The van der Waals surface area contributed by atoms with Gasteiger partial charge in [-0.15, -0.1) is 0 Å². The topological polar surface area (TPSA) is 52.0 Å². The van der Waals surface area contributed by atoms with Gasteiger partial charge in [0.25, 0.3) is 0 Å². The van der Waals surface area contributed by atoms with Gasteiger partial charge in [0.05, 0.1) is 0 Å². The van der Waals surface area contributed by atoms with Crippen LogP contribution in [0.25, 0.3) is 0 Å². The number of benzene rings is 2. The van der Waals surface area contributed by atoms with E-state index < -0.39 is 15.2 Å². The van der Waals surface area contributed by atoms with Crippen molar-refractivity contribution in [2.45, 2.75) is 40.0 Å². The molecule has 4 N–H and O–H groups in total. The summed E-state index contributed by atoms with van der Waals surface area (Å²) < 4.78 is 0. The van der Waals surface area contributed by atoms with E-state index in [1.807, 2.05) is 0 Å². The zero-order valence-electron chi connectivity index (χ0n) is 14.6. The predicted octanol–water partition coefficient (Wildman–Crippen LogP) is 3.08. The quantitative estimate of drug-likeness (QED) is 0.672. The number of nitrogens with two attached hydrogens (primary N) is 2. The molecular formula is C18H28N2Si2. The smallest absolute Gasteiger partial charge is 0.107 e. The van der Waals surface area contributed by atoms with Crippen LogP contribution in [-0.4, -0.2) is 15.2 Å². The van der Waals surface area contributed by atoms with E-state index in [4.69, 9.17) is 11.5 Å². The van der Waals surface area contributed by atoms with Crippen LogP contribution in [0.5, 0.6) is 0 Å². The molecule has 0 saturated heterocycles. The minimum atomic E-state index is -1.78. The Morgan fingerprint density at radius 2 is 1.05 bits per heavy atom. The van der Waals surface area contributed by atoms with Crippen LogP contribution >= 0.6 is 0 Å². The first-order valence-corrected chi connectivity index (χ1v) is 14.8. The van der Waals surface area contributed by atoms with Gasteiger partial charge in [-0.3, -0.25) is 0 Å². The second kappa shape index (κ2) is 5.59. The van der Waals surface area contributed by atoms with Gasteiger partial charge in [-0.2, -0.15) is 0 Å². The molecule has 2 aromatic rings. The van der Waals surface area contributed by atoms with E-state index in [1.54, 1.807) is 0 Å². The lowest BCUT2D eigenvalue weighted by molar-refractivity contribution is 1.47. The second-order valence-corrected chi connectivity index (χ2v) is 22.9. The van der Waals surface area contributed by atoms with Crippen molar-refractivity contribution in [1.82, 2.24) is 0 Å². The van der Waals surface area contributed by atoms with Crippen LogP contribution in [0.2, 0.25) is 26.2 Å². The average Bonchev–Trinajstić information content (AvgIpc) is 2.42. The highest BCUT2D eigenvalue weighted by atomic mass is 29.3. The molecule has 0 aliphatic carbocycles. The zero-order valence-corrected chi connectivity index (χ0v) is 16.6. The lowest BCUT2D eigenvalue weighted by Gasteiger charge is -2.40. The van der Waals surface area contributed by atoms with Gasteiger partial charge < -0.3 is 11.5 Å². The number of hydrogen-bond donors (Lipinski definition) is 2. The van der Waals surface area contributed by atoms with Crippen molar-refractivity contribution in [1.29, 1.82) is 0 Å². The molecule has 0 heterocycles. The molecule has 118 valence electrons. The van der Waals surface area contributed by atoms with Gasteiger partial charge >= 0.3 is 0 Å². The molecule has 2 nitrogen and oxygen atoms in total. The first-order chi connectivity index (χ1) is 10.1. The summed E-state index contributed by atoms with van der Waals surface area (Å²) >= 11 is 0. The molecule has 0 bridgehead atoms. The summed E-state index contributed by atoms with van der Waals surface area (Å²) in [4.78, 5) is 0. The minimum Gasteiger partial charge on any atom is -0.399 e. The molecule has 0 spiro atoms. The number of rotatable bonds is 3. The molecular weight excluding hydrogens is 300 g/mol. The lowest BCUT2D eigenvalue weighted by Crippen LogP contribution is -2.71. The number of hydrogen-bond acceptors (Lipinski definition) is 2. The summed E-state index contributed by atoms with van der Waals surface area (Å²) in [5, 5.41) is 2.98. The van der Waals surface area contributed by atoms with Crippen molar-refractivity contribution in [3.63, 3.8) is 0 Å². The SMILES string of the molecule is Cc1cc([Si](C)(c2ccc(N)c(C)c2)[Si](C)(C)C)ccc1N. The lowest BCUT2D eigenvalue weighted by atomic mass is 10.2. The first-order valence-electron chi connectivity index (χ1n) is 7.80. The third-order valence-corrected chi connectivity index (χ3v) is 21.9. The average molecular weight is 329 g/mol. The summed E-state index contributed by atoms with van der Waals surface area (Å²) in [6.45, 7) is 14.2. The maximum atomic E-state index is 6.03. The highest BCUT2D eigenvalue weighted by molar-refractivity contribution is 7.50. The first kappa shape index (κ1) is 16.8. The van der Waals surface area contributed by atoms with Crippen molar-refractivity contribution >= 4 is 36.9 Å². The van der Waals surface area contributed by atoms with Gasteiger partial charge in [-0.1, -0.05) is 60.8 Å². The number of aryl methyl sites for hydroxylation is 2. The fourth-order valence-corrected chi connectivity index (χ4v) is 13.0. The number of nitrogen functional groups attached to an aromatic ring is 2. The molecule has 0 aliphatic rings. The van der Waals surface area contributed by atoms with Gasteiger partial charge in [0.2, 0.25) is 0 Å². The highest BCUT2D eigenvalue weighted by Crippen LogP contribution is 2.22. The normalized spacial score (nSPS) is 12.5. The molecule has 0 atom stereocenters. The van der Waals surface area contributed by atoms with Crippen molar-refractivity contribution in [2.24, 2.45) is 0 Å². The van der Waals surface area contributed by atoms with Gasteiger partial charge in [0.15, 0.2) is 0 Å². The molecule has 4 heteroatoms. The van der Waals surface area contributed by atoms with Crippen LogP contribution in [0.1, 0.15) is 11.1 Å². The van der Waals surface area contributed by atoms with E-state index in [9.17, 15) is 0 Å². The summed E-state index contributed by atoms with van der Waals surface area (Å²) in [5.74, 6) is 0. The maximum absolute atomic E-state index is 6.03. The van der Waals surface area contributed by atoms with Crippen LogP contribution < -0.4 is 21.8 Å². The second-order valence-electron chi connectivity index (χ2n) is 7.52. The third-order valence-electron chi connectivity index (χ3n) is 5.19. The van der Waals surface area contributed by atoms with E-state index in [0.717, 1.165) is 11.4 Å². The molecule has 0 fully saturated rings. The summed E-state index contributed by atoms with van der Waals surface area (Å²) in [5.41, 5.74) is 16.2. The Kier molecular flexibility index (Phi) is 4.28. The number of anilines is 2. The molecule has 0 aliphatic heterocycles. The van der Waals surface area contributed by atoms with E-state index >= 15 is 0 Å². The molecule has 0 radical (unpaired) electrons. The molecule has 0 amide bonds. The largest absolute Gasteiger partial charge is 0.399 e. The Balaban J connectivity index is 2.72.